The van der Waals surface area contributed by atoms with Gasteiger partial charge in [-0.2, -0.15) is 0 Å². The lowest BCUT2D eigenvalue weighted by Crippen LogP contribution is -2.36. The predicted molar refractivity (Wildman–Crippen MR) is 62.5 cm³/mol. The fourth-order valence-corrected chi connectivity index (χ4v) is 3.99. The average molecular weight is 247 g/mol. The van der Waals surface area contributed by atoms with Gasteiger partial charge in [0.25, 0.3) is 0 Å². The second kappa shape index (κ2) is 4.91. The number of hydrogen-bond acceptors (Lipinski definition) is 1. The monoisotopic (exact) mass is 247 g/mol. The zero-order valence-electron chi connectivity index (χ0n) is 9.70. The van der Waals surface area contributed by atoms with Crippen LogP contribution in [0.25, 0.3) is 0 Å². The highest BCUT2D eigenvalue weighted by Gasteiger charge is 2.22. The van der Waals surface area contributed by atoms with Crippen molar-refractivity contribution in [2.75, 3.05) is 4.98 Å². The molecule has 1 aromatic rings. The SMILES string of the molecule is CCC[Si](C)(C)Nc1cc(F)cc(F)c1F. The van der Waals surface area contributed by atoms with E-state index in [0.717, 1.165) is 18.5 Å². The molecular weight excluding hydrogens is 231 g/mol. The summed E-state index contributed by atoms with van der Waals surface area (Å²) in [7, 11) is -1.84. The van der Waals surface area contributed by atoms with E-state index < -0.39 is 25.7 Å². The zero-order valence-corrected chi connectivity index (χ0v) is 10.7. The van der Waals surface area contributed by atoms with E-state index in [1.807, 2.05) is 20.0 Å². The van der Waals surface area contributed by atoms with E-state index >= 15 is 0 Å². The third-order valence-electron chi connectivity index (χ3n) is 2.34. The third-order valence-corrected chi connectivity index (χ3v) is 5.04. The van der Waals surface area contributed by atoms with E-state index in [9.17, 15) is 13.2 Å². The lowest BCUT2D eigenvalue weighted by molar-refractivity contribution is 0.498. The van der Waals surface area contributed by atoms with Gasteiger partial charge < -0.3 is 4.98 Å². The normalized spacial score (nSPS) is 11.6. The summed E-state index contributed by atoms with van der Waals surface area (Å²) in [5.41, 5.74) is -0.0670. The molecule has 0 spiro atoms. The Morgan fingerprint density at radius 1 is 1.19 bits per heavy atom. The van der Waals surface area contributed by atoms with E-state index in [-0.39, 0.29) is 5.69 Å². The van der Waals surface area contributed by atoms with Crippen LogP contribution in [-0.4, -0.2) is 8.24 Å². The molecule has 0 fully saturated rings. The summed E-state index contributed by atoms with van der Waals surface area (Å²) in [5.74, 6) is -2.91. The molecule has 0 saturated heterocycles. The summed E-state index contributed by atoms with van der Waals surface area (Å²) in [6.07, 6.45) is 0.964. The lowest BCUT2D eigenvalue weighted by Gasteiger charge is -2.24. The molecule has 1 N–H and O–H groups in total. The lowest BCUT2D eigenvalue weighted by atomic mass is 10.3. The summed E-state index contributed by atoms with van der Waals surface area (Å²) >= 11 is 0. The van der Waals surface area contributed by atoms with Crippen LogP contribution in [0.3, 0.4) is 0 Å². The Bertz CT molecular complexity index is 380. The molecule has 0 saturated carbocycles. The standard InChI is InChI=1S/C11H16F3NSi/c1-4-5-16(2,3)15-10-7-8(12)6-9(13)11(10)14/h6-7,15H,4-5H2,1-3H3. The van der Waals surface area contributed by atoms with Crippen molar-refractivity contribution in [1.82, 2.24) is 0 Å². The smallest absolute Gasteiger partial charge is 0.181 e. The van der Waals surface area contributed by atoms with Crippen LogP contribution in [0.2, 0.25) is 19.1 Å². The molecule has 1 nitrogen and oxygen atoms in total. The second-order valence-electron chi connectivity index (χ2n) is 4.51. The van der Waals surface area contributed by atoms with Crippen LogP contribution in [0.1, 0.15) is 13.3 Å². The molecule has 1 rings (SSSR count). The van der Waals surface area contributed by atoms with Crippen molar-refractivity contribution in [3.8, 4) is 0 Å². The van der Waals surface area contributed by atoms with Crippen molar-refractivity contribution < 1.29 is 13.2 Å². The molecule has 0 atom stereocenters. The molecule has 0 amide bonds. The van der Waals surface area contributed by atoms with Gasteiger partial charge in [-0.3, -0.25) is 0 Å². The highest BCUT2D eigenvalue weighted by atomic mass is 28.3. The zero-order chi connectivity index (χ0) is 12.3. The first kappa shape index (κ1) is 13.1. The van der Waals surface area contributed by atoms with Gasteiger partial charge in [0.2, 0.25) is 0 Å². The molecular formula is C11H16F3NSi. The first-order chi connectivity index (χ1) is 7.35. The van der Waals surface area contributed by atoms with Gasteiger partial charge in [-0.25, -0.2) is 13.2 Å². The Morgan fingerprint density at radius 2 is 1.81 bits per heavy atom. The number of hydrogen-bond donors (Lipinski definition) is 1. The van der Waals surface area contributed by atoms with E-state index in [4.69, 9.17) is 0 Å². The van der Waals surface area contributed by atoms with E-state index in [1.54, 1.807) is 0 Å². The molecule has 1 aromatic carbocycles. The van der Waals surface area contributed by atoms with Crippen molar-refractivity contribution in [1.29, 1.82) is 0 Å². The Balaban J connectivity index is 2.97. The van der Waals surface area contributed by atoms with Gasteiger partial charge in [-0.05, 0) is 12.1 Å². The second-order valence-corrected chi connectivity index (χ2v) is 9.03. The van der Waals surface area contributed by atoms with Crippen molar-refractivity contribution in [3.05, 3.63) is 29.6 Å². The van der Waals surface area contributed by atoms with Crippen molar-refractivity contribution in [2.45, 2.75) is 32.5 Å². The fourth-order valence-electron chi connectivity index (χ4n) is 1.70. The molecule has 5 heteroatoms. The largest absolute Gasteiger partial charge is 0.408 e. The quantitative estimate of drug-likeness (QED) is 0.623. The highest BCUT2D eigenvalue weighted by Crippen LogP contribution is 2.23. The van der Waals surface area contributed by atoms with Gasteiger partial charge >= 0.3 is 0 Å². The summed E-state index contributed by atoms with van der Waals surface area (Å²) in [6.45, 7) is 6.02. The van der Waals surface area contributed by atoms with Crippen LogP contribution in [-0.2, 0) is 0 Å². The van der Waals surface area contributed by atoms with E-state index in [2.05, 4.69) is 4.98 Å². The average Bonchev–Trinajstić information content (AvgIpc) is 2.12. The first-order valence-corrected chi connectivity index (χ1v) is 8.49. The number of nitrogens with one attached hydrogen (secondary N) is 1. The Morgan fingerprint density at radius 3 is 2.38 bits per heavy atom. The van der Waals surface area contributed by atoms with Crippen LogP contribution < -0.4 is 4.98 Å². The molecule has 16 heavy (non-hydrogen) atoms. The van der Waals surface area contributed by atoms with Crippen LogP contribution >= 0.6 is 0 Å². The molecule has 0 aliphatic heterocycles. The maximum atomic E-state index is 13.4. The Kier molecular flexibility index (Phi) is 4.01. The van der Waals surface area contributed by atoms with Crippen molar-refractivity contribution >= 4 is 13.9 Å². The van der Waals surface area contributed by atoms with Gasteiger partial charge in [-0.15, -0.1) is 0 Å². The summed E-state index contributed by atoms with van der Waals surface area (Å²) in [4.78, 5) is 2.95. The molecule has 0 heterocycles. The number of benzene rings is 1. The van der Waals surface area contributed by atoms with Crippen molar-refractivity contribution in [2.24, 2.45) is 0 Å². The molecule has 0 aromatic heterocycles. The summed E-state index contributed by atoms with van der Waals surface area (Å²) < 4.78 is 39.3. The minimum Gasteiger partial charge on any atom is -0.408 e. The highest BCUT2D eigenvalue weighted by molar-refractivity contribution is 6.80. The van der Waals surface area contributed by atoms with Gasteiger partial charge in [0.05, 0.1) is 5.69 Å². The number of halogens is 3. The maximum absolute atomic E-state index is 13.4. The minimum atomic E-state index is -1.84. The Hall–Kier alpha value is -0.973. The third kappa shape index (κ3) is 3.26. The number of rotatable bonds is 4. The molecule has 90 valence electrons. The van der Waals surface area contributed by atoms with E-state index in [0.29, 0.717) is 6.07 Å². The molecule has 0 aliphatic rings. The molecule has 0 aliphatic carbocycles. The Labute approximate surface area is 94.8 Å². The predicted octanol–water partition coefficient (Wildman–Crippen LogP) is 4.13. The van der Waals surface area contributed by atoms with Gasteiger partial charge in [0.1, 0.15) is 14.1 Å². The molecule has 0 radical (unpaired) electrons. The molecule has 0 bridgehead atoms. The van der Waals surface area contributed by atoms with Crippen LogP contribution in [0.15, 0.2) is 12.1 Å². The molecule has 0 unspecified atom stereocenters. The summed E-state index contributed by atoms with van der Waals surface area (Å²) in [5, 5.41) is 0. The fraction of sp³-hybridized carbons (Fsp3) is 0.455. The topological polar surface area (TPSA) is 12.0 Å². The minimum absolute atomic E-state index is 0.0670. The van der Waals surface area contributed by atoms with Crippen LogP contribution in [0.4, 0.5) is 18.9 Å². The van der Waals surface area contributed by atoms with Gasteiger partial charge in [0, 0.05) is 6.07 Å². The van der Waals surface area contributed by atoms with Crippen LogP contribution in [0.5, 0.6) is 0 Å². The first-order valence-electron chi connectivity index (χ1n) is 5.28. The van der Waals surface area contributed by atoms with E-state index in [1.165, 1.54) is 0 Å². The number of anilines is 1. The van der Waals surface area contributed by atoms with Crippen LogP contribution in [0, 0.1) is 17.5 Å². The van der Waals surface area contributed by atoms with Crippen molar-refractivity contribution in [3.63, 3.8) is 0 Å². The summed E-state index contributed by atoms with van der Waals surface area (Å²) in [6, 6.07) is 2.47. The maximum Gasteiger partial charge on any atom is 0.181 e. The van der Waals surface area contributed by atoms with Gasteiger partial charge in [-0.1, -0.05) is 26.4 Å². The van der Waals surface area contributed by atoms with Gasteiger partial charge in [0.15, 0.2) is 11.6 Å².